The molecule has 6 N–H and O–H groups in total. The molecule has 0 aromatic carbocycles. The predicted molar refractivity (Wildman–Crippen MR) is 306 cm³/mol. The van der Waals surface area contributed by atoms with Crippen molar-refractivity contribution < 1.29 is 49.3 Å². The first-order valence-corrected chi connectivity index (χ1v) is 30.2. The molecular weight excluding hydrogens is 931 g/mol. The Hall–Kier alpha value is -2.90. The third-order valence-corrected chi connectivity index (χ3v) is 13.8. The summed E-state index contributed by atoms with van der Waals surface area (Å²) in [4.78, 5) is 25.0. The summed E-state index contributed by atoms with van der Waals surface area (Å²) in [6.07, 6.45) is 58.9. The predicted octanol–water partition coefficient (Wildman–Crippen LogP) is 14.0. The fourth-order valence-corrected chi connectivity index (χ4v) is 9.03. The van der Waals surface area contributed by atoms with E-state index in [0.717, 1.165) is 89.9 Å². The van der Waals surface area contributed by atoms with E-state index in [-0.39, 0.29) is 18.5 Å². The van der Waals surface area contributed by atoms with Crippen molar-refractivity contribution in [3.63, 3.8) is 0 Å². The summed E-state index contributed by atoms with van der Waals surface area (Å²) in [5.41, 5.74) is 0. The minimum Gasteiger partial charge on any atom is -0.466 e. The minimum absolute atomic E-state index is 0.0185. The second-order valence-electron chi connectivity index (χ2n) is 20.7. The van der Waals surface area contributed by atoms with Crippen LogP contribution in [0.2, 0.25) is 0 Å². The molecule has 1 rings (SSSR count). The van der Waals surface area contributed by atoms with Crippen molar-refractivity contribution in [1.29, 1.82) is 0 Å². The van der Waals surface area contributed by atoms with E-state index in [9.17, 15) is 35.1 Å². The zero-order valence-corrected chi connectivity index (χ0v) is 47.0. The number of ether oxygens (including phenoxy) is 3. The molecule has 74 heavy (non-hydrogen) atoms. The average Bonchev–Trinajstić information content (AvgIpc) is 3.40. The summed E-state index contributed by atoms with van der Waals surface area (Å²) in [6.45, 7) is 4.04. The number of aliphatic hydroxyl groups is 5. The molecule has 0 aromatic rings. The van der Waals surface area contributed by atoms with Gasteiger partial charge < -0.3 is 45.1 Å². The standard InChI is InChI=1S/C63H111NO10/c1-3-5-7-9-11-13-14-15-24-28-31-35-39-43-47-51-59(68)72-52-48-44-40-36-32-29-26-23-21-19-17-16-18-20-22-25-27-30-34-38-42-46-50-58(67)64-55(56(66)49-45-41-37-33-12-10-8-6-4-2)54-73-63-62(71)61(70)60(69)57(53-65)74-63/h4,6,11-13,15,18,20,24,33,45,49,55-57,60-63,65-66,69-71H,3,5,7-10,14,16-17,19,21-23,25-32,34-44,46-48,50-54H2,1-2H3,(H,64,67)/b6-4+,13-11-,20-18-,24-15-,33-12+,49-45+. The maximum Gasteiger partial charge on any atom is 0.305 e. The lowest BCUT2D eigenvalue weighted by atomic mass is 9.99. The van der Waals surface area contributed by atoms with Gasteiger partial charge in [0.1, 0.15) is 24.4 Å². The molecule has 1 aliphatic rings. The van der Waals surface area contributed by atoms with Crippen LogP contribution in [0.25, 0.3) is 0 Å². The highest BCUT2D eigenvalue weighted by atomic mass is 16.7. The van der Waals surface area contributed by atoms with Crippen molar-refractivity contribution in [1.82, 2.24) is 5.32 Å². The van der Waals surface area contributed by atoms with Gasteiger partial charge in [0.15, 0.2) is 6.29 Å². The second-order valence-corrected chi connectivity index (χ2v) is 20.7. The summed E-state index contributed by atoms with van der Waals surface area (Å²) < 4.78 is 16.6. The largest absolute Gasteiger partial charge is 0.466 e. The van der Waals surface area contributed by atoms with Crippen LogP contribution in [0.4, 0.5) is 0 Å². The topological polar surface area (TPSA) is 175 Å². The smallest absolute Gasteiger partial charge is 0.305 e. The molecule has 0 aliphatic carbocycles. The van der Waals surface area contributed by atoms with E-state index in [1.807, 2.05) is 19.1 Å². The Labute approximate surface area is 451 Å². The van der Waals surface area contributed by atoms with E-state index in [2.05, 4.69) is 66.9 Å². The van der Waals surface area contributed by atoms with Crippen molar-refractivity contribution in [2.24, 2.45) is 0 Å². The molecule has 11 nitrogen and oxygen atoms in total. The summed E-state index contributed by atoms with van der Waals surface area (Å²) in [6, 6.07) is -0.840. The maximum atomic E-state index is 13.0. The van der Waals surface area contributed by atoms with Gasteiger partial charge in [-0.15, -0.1) is 0 Å². The van der Waals surface area contributed by atoms with Crippen LogP contribution in [0.5, 0.6) is 0 Å². The van der Waals surface area contributed by atoms with Crippen LogP contribution in [0, 0.1) is 0 Å². The number of esters is 1. The summed E-state index contributed by atoms with van der Waals surface area (Å²) in [5, 5.41) is 54.1. The molecule has 11 heteroatoms. The van der Waals surface area contributed by atoms with Crippen LogP contribution < -0.4 is 5.32 Å². The van der Waals surface area contributed by atoms with Gasteiger partial charge in [0, 0.05) is 12.8 Å². The number of carbonyl (C=O) groups excluding carboxylic acids is 2. The Morgan fingerprint density at radius 1 is 0.527 bits per heavy atom. The molecule has 0 aromatic heterocycles. The van der Waals surface area contributed by atoms with Gasteiger partial charge in [0.2, 0.25) is 5.91 Å². The third-order valence-electron chi connectivity index (χ3n) is 13.8. The zero-order chi connectivity index (χ0) is 53.8. The summed E-state index contributed by atoms with van der Waals surface area (Å²) in [5.74, 6) is -0.227. The lowest BCUT2D eigenvalue weighted by Crippen LogP contribution is -2.60. The minimum atomic E-state index is -1.58. The number of hydrogen-bond donors (Lipinski definition) is 6. The fourth-order valence-electron chi connectivity index (χ4n) is 9.03. The second kappa shape index (κ2) is 52.2. The van der Waals surface area contributed by atoms with Crippen LogP contribution >= 0.6 is 0 Å². The van der Waals surface area contributed by atoms with Crippen LogP contribution in [0.1, 0.15) is 251 Å². The molecule has 0 radical (unpaired) electrons. The Kier molecular flexibility index (Phi) is 48.7. The molecule has 7 unspecified atom stereocenters. The average molecular weight is 1040 g/mol. The first-order chi connectivity index (χ1) is 36.2. The highest BCUT2D eigenvalue weighted by Crippen LogP contribution is 2.23. The van der Waals surface area contributed by atoms with Gasteiger partial charge in [-0.1, -0.05) is 202 Å². The van der Waals surface area contributed by atoms with E-state index in [1.165, 1.54) is 128 Å². The number of unbranched alkanes of at least 4 members (excludes halogenated alkanes) is 28. The van der Waals surface area contributed by atoms with Gasteiger partial charge in [0.25, 0.3) is 0 Å². The van der Waals surface area contributed by atoms with Crippen LogP contribution in [-0.4, -0.2) is 100 Å². The van der Waals surface area contributed by atoms with Crippen molar-refractivity contribution in [3.8, 4) is 0 Å². The van der Waals surface area contributed by atoms with Gasteiger partial charge in [-0.2, -0.15) is 0 Å². The number of hydrogen-bond acceptors (Lipinski definition) is 10. The molecule has 7 atom stereocenters. The molecule has 1 saturated heterocycles. The zero-order valence-electron chi connectivity index (χ0n) is 47.0. The van der Waals surface area contributed by atoms with Crippen molar-refractivity contribution in [2.45, 2.75) is 294 Å². The number of allylic oxidation sites excluding steroid dienone is 11. The molecule has 0 saturated carbocycles. The summed E-state index contributed by atoms with van der Waals surface area (Å²) in [7, 11) is 0. The Morgan fingerprint density at radius 3 is 1.50 bits per heavy atom. The van der Waals surface area contributed by atoms with Crippen LogP contribution in [-0.2, 0) is 23.8 Å². The van der Waals surface area contributed by atoms with Gasteiger partial charge in [-0.05, 0) is 110 Å². The fraction of sp³-hybridized carbons (Fsp3) is 0.778. The first kappa shape index (κ1) is 69.1. The first-order valence-electron chi connectivity index (χ1n) is 30.2. The Balaban J connectivity index is 2.01. The maximum absolute atomic E-state index is 13.0. The molecular formula is C63H111NO10. The number of nitrogens with one attached hydrogen (secondary N) is 1. The quantitative estimate of drug-likeness (QED) is 0.0195. The lowest BCUT2D eigenvalue weighted by Gasteiger charge is -2.40. The highest BCUT2D eigenvalue weighted by Gasteiger charge is 2.44. The van der Waals surface area contributed by atoms with Gasteiger partial charge in [0.05, 0.1) is 32.0 Å². The molecule has 428 valence electrons. The number of aliphatic hydroxyl groups excluding tert-OH is 5. The monoisotopic (exact) mass is 1040 g/mol. The number of carbonyl (C=O) groups is 2. The Morgan fingerprint density at radius 2 is 0.973 bits per heavy atom. The van der Waals surface area contributed by atoms with Crippen molar-refractivity contribution in [2.75, 3.05) is 19.8 Å². The van der Waals surface area contributed by atoms with Crippen molar-refractivity contribution >= 4 is 11.9 Å². The molecule has 0 bridgehead atoms. The molecule has 1 heterocycles. The molecule has 1 aliphatic heterocycles. The summed E-state index contributed by atoms with van der Waals surface area (Å²) >= 11 is 0. The lowest BCUT2D eigenvalue weighted by molar-refractivity contribution is -0.302. The van der Waals surface area contributed by atoms with Gasteiger partial charge in [-0.3, -0.25) is 9.59 Å². The Bertz CT molecular complexity index is 1460. The van der Waals surface area contributed by atoms with E-state index in [4.69, 9.17) is 14.2 Å². The van der Waals surface area contributed by atoms with Gasteiger partial charge in [-0.25, -0.2) is 0 Å². The number of rotatable bonds is 51. The van der Waals surface area contributed by atoms with E-state index in [0.29, 0.717) is 25.9 Å². The normalized spacial score (nSPS) is 19.4. The SMILES string of the molecule is C/C=C/CC/C=C/CC/C=C/C(O)C(COC1OC(CO)C(O)C(O)C1O)NC(=O)CCCCCCCCC/C=C\CCCCCCCCCCCCCOC(=O)CCCCCCC/C=C\C/C=C\CCCCC. The van der Waals surface area contributed by atoms with Gasteiger partial charge >= 0.3 is 5.97 Å². The molecule has 1 fully saturated rings. The van der Waals surface area contributed by atoms with E-state index in [1.54, 1.807) is 6.08 Å². The number of amides is 1. The van der Waals surface area contributed by atoms with Crippen LogP contribution in [0.15, 0.2) is 72.9 Å². The van der Waals surface area contributed by atoms with E-state index < -0.39 is 49.5 Å². The third kappa shape index (κ3) is 41.3. The molecule has 1 amide bonds. The van der Waals surface area contributed by atoms with Crippen molar-refractivity contribution in [3.05, 3.63) is 72.9 Å². The van der Waals surface area contributed by atoms with E-state index >= 15 is 0 Å². The molecule has 0 spiro atoms. The highest BCUT2D eigenvalue weighted by molar-refractivity contribution is 5.76. The van der Waals surface area contributed by atoms with Crippen LogP contribution in [0.3, 0.4) is 0 Å².